The monoisotopic (exact) mass is 256 g/mol. The molecular weight excluding hydrogens is 240 g/mol. The van der Waals surface area contributed by atoms with Crippen LogP contribution in [0.3, 0.4) is 0 Å². The third-order valence-corrected chi connectivity index (χ3v) is 2.12. The van der Waals surface area contributed by atoms with Crippen molar-refractivity contribution in [3.63, 3.8) is 0 Å². The molecule has 78 valence electrons. The fraction of sp³-hybridized carbons (Fsp3) is 0.364. The second-order valence-electron chi connectivity index (χ2n) is 2.07. The van der Waals surface area contributed by atoms with Crippen LogP contribution >= 0.6 is 15.9 Å². The number of hydrogen-bond acceptors (Lipinski definition) is 1. The lowest BCUT2D eigenvalue weighted by atomic mass is 10.3. The SMILES string of the molecule is Brc1cccc2[nH]ncc12.CC.CC. The van der Waals surface area contributed by atoms with E-state index < -0.39 is 0 Å². The van der Waals surface area contributed by atoms with Crippen LogP contribution in [0.2, 0.25) is 0 Å². The number of aromatic amines is 1. The van der Waals surface area contributed by atoms with Gasteiger partial charge in [-0.3, -0.25) is 5.10 Å². The molecule has 0 spiro atoms. The molecule has 0 saturated heterocycles. The van der Waals surface area contributed by atoms with Crippen molar-refractivity contribution in [2.75, 3.05) is 0 Å². The highest BCUT2D eigenvalue weighted by Crippen LogP contribution is 2.20. The van der Waals surface area contributed by atoms with Gasteiger partial charge in [-0.2, -0.15) is 5.10 Å². The molecule has 0 unspecified atom stereocenters. The Labute approximate surface area is 93.8 Å². The molecule has 0 aliphatic carbocycles. The van der Waals surface area contributed by atoms with Gasteiger partial charge in [0.05, 0.1) is 11.7 Å². The van der Waals surface area contributed by atoms with Crippen LogP contribution in [-0.2, 0) is 0 Å². The largest absolute Gasteiger partial charge is 0.278 e. The van der Waals surface area contributed by atoms with Crippen molar-refractivity contribution in [2.24, 2.45) is 0 Å². The molecule has 3 heteroatoms. The lowest BCUT2D eigenvalue weighted by Gasteiger charge is -1.88. The third-order valence-electron chi connectivity index (χ3n) is 1.43. The summed E-state index contributed by atoms with van der Waals surface area (Å²) in [6, 6.07) is 5.97. The van der Waals surface area contributed by atoms with Gasteiger partial charge in [-0.05, 0) is 12.1 Å². The minimum absolute atomic E-state index is 1.06. The van der Waals surface area contributed by atoms with Crippen molar-refractivity contribution in [2.45, 2.75) is 27.7 Å². The average molecular weight is 257 g/mol. The van der Waals surface area contributed by atoms with Crippen LogP contribution in [0.1, 0.15) is 27.7 Å². The van der Waals surface area contributed by atoms with Gasteiger partial charge in [0, 0.05) is 9.86 Å². The molecule has 1 aromatic carbocycles. The van der Waals surface area contributed by atoms with Crippen LogP contribution < -0.4 is 0 Å². The summed E-state index contributed by atoms with van der Waals surface area (Å²) in [6.45, 7) is 8.00. The Balaban J connectivity index is 0.000000379. The number of rotatable bonds is 0. The lowest BCUT2D eigenvalue weighted by Crippen LogP contribution is -1.67. The number of H-pyrrole nitrogens is 1. The van der Waals surface area contributed by atoms with Gasteiger partial charge >= 0.3 is 0 Å². The van der Waals surface area contributed by atoms with E-state index in [-0.39, 0.29) is 0 Å². The standard InChI is InChI=1S/C7H5BrN2.2C2H6/c8-6-2-1-3-7-5(6)4-9-10-7;2*1-2/h1-4H,(H,9,10);2*1-2H3. The summed E-state index contributed by atoms with van der Waals surface area (Å²) in [6.07, 6.45) is 1.80. The summed E-state index contributed by atoms with van der Waals surface area (Å²) in [5.41, 5.74) is 1.06. The first kappa shape index (κ1) is 13.2. The minimum Gasteiger partial charge on any atom is -0.278 e. The number of nitrogens with zero attached hydrogens (tertiary/aromatic N) is 1. The predicted molar refractivity (Wildman–Crippen MR) is 66.5 cm³/mol. The minimum atomic E-state index is 1.06. The fourth-order valence-corrected chi connectivity index (χ4v) is 1.40. The van der Waals surface area contributed by atoms with Crippen molar-refractivity contribution in [3.05, 3.63) is 28.9 Å². The van der Waals surface area contributed by atoms with Crippen molar-refractivity contribution < 1.29 is 0 Å². The van der Waals surface area contributed by atoms with Crippen LogP contribution in [0, 0.1) is 0 Å². The molecule has 0 bridgehead atoms. The Morgan fingerprint density at radius 1 is 1.14 bits per heavy atom. The van der Waals surface area contributed by atoms with Crippen molar-refractivity contribution >= 4 is 26.8 Å². The highest BCUT2D eigenvalue weighted by molar-refractivity contribution is 9.10. The Hall–Kier alpha value is -0.830. The van der Waals surface area contributed by atoms with Gasteiger partial charge < -0.3 is 0 Å². The lowest BCUT2D eigenvalue weighted by molar-refractivity contribution is 1.12. The molecule has 0 saturated carbocycles. The van der Waals surface area contributed by atoms with Crippen LogP contribution in [0.15, 0.2) is 28.9 Å². The summed E-state index contributed by atoms with van der Waals surface area (Å²) >= 11 is 3.42. The topological polar surface area (TPSA) is 28.7 Å². The summed E-state index contributed by atoms with van der Waals surface area (Å²) in [7, 11) is 0. The number of halogens is 1. The zero-order valence-corrected chi connectivity index (χ0v) is 10.7. The fourth-order valence-electron chi connectivity index (χ4n) is 0.932. The molecule has 0 aliphatic heterocycles. The van der Waals surface area contributed by atoms with E-state index in [2.05, 4.69) is 26.1 Å². The Morgan fingerprint density at radius 3 is 2.36 bits per heavy atom. The maximum atomic E-state index is 3.91. The van der Waals surface area contributed by atoms with E-state index in [4.69, 9.17) is 0 Å². The summed E-state index contributed by atoms with van der Waals surface area (Å²) < 4.78 is 1.08. The normalized spacial score (nSPS) is 8.36. The first-order valence-electron chi connectivity index (χ1n) is 4.95. The van der Waals surface area contributed by atoms with Crippen LogP contribution in [0.25, 0.3) is 10.9 Å². The van der Waals surface area contributed by atoms with E-state index in [0.29, 0.717) is 0 Å². The Morgan fingerprint density at radius 2 is 1.79 bits per heavy atom. The number of fused-ring (bicyclic) bond motifs is 1. The third kappa shape index (κ3) is 3.14. The maximum Gasteiger partial charge on any atom is 0.0661 e. The second-order valence-corrected chi connectivity index (χ2v) is 2.93. The number of aromatic nitrogens is 2. The summed E-state index contributed by atoms with van der Waals surface area (Å²) in [5, 5.41) is 7.91. The van der Waals surface area contributed by atoms with Crippen molar-refractivity contribution in [1.82, 2.24) is 10.2 Å². The first-order valence-corrected chi connectivity index (χ1v) is 5.75. The Kier molecular flexibility index (Phi) is 7.11. The smallest absolute Gasteiger partial charge is 0.0661 e. The van der Waals surface area contributed by atoms with E-state index in [1.807, 2.05) is 45.9 Å². The molecule has 14 heavy (non-hydrogen) atoms. The highest BCUT2D eigenvalue weighted by Gasteiger charge is 1.96. The second kappa shape index (κ2) is 7.56. The molecule has 2 nitrogen and oxygen atoms in total. The van der Waals surface area contributed by atoms with Crippen LogP contribution in [0.5, 0.6) is 0 Å². The van der Waals surface area contributed by atoms with Crippen LogP contribution in [0.4, 0.5) is 0 Å². The molecule has 0 amide bonds. The molecule has 0 aliphatic rings. The number of nitrogens with one attached hydrogen (secondary N) is 1. The average Bonchev–Trinajstić information content (AvgIpc) is 2.73. The van der Waals surface area contributed by atoms with Gasteiger partial charge in [0.15, 0.2) is 0 Å². The van der Waals surface area contributed by atoms with Gasteiger partial charge in [0.2, 0.25) is 0 Å². The predicted octanol–water partition coefficient (Wildman–Crippen LogP) is 4.38. The number of benzene rings is 1. The quantitative estimate of drug-likeness (QED) is 0.745. The van der Waals surface area contributed by atoms with Gasteiger partial charge in [-0.25, -0.2) is 0 Å². The van der Waals surface area contributed by atoms with E-state index >= 15 is 0 Å². The van der Waals surface area contributed by atoms with Gasteiger partial charge in [0.25, 0.3) is 0 Å². The molecule has 0 fully saturated rings. The van der Waals surface area contributed by atoms with Crippen LogP contribution in [-0.4, -0.2) is 10.2 Å². The zero-order valence-electron chi connectivity index (χ0n) is 9.13. The molecule has 1 N–H and O–H groups in total. The molecule has 2 aromatic rings. The first-order chi connectivity index (χ1) is 6.88. The van der Waals surface area contributed by atoms with E-state index in [9.17, 15) is 0 Å². The Bertz CT molecular complexity index is 355. The molecule has 2 rings (SSSR count). The van der Waals surface area contributed by atoms with Gasteiger partial charge in [-0.15, -0.1) is 0 Å². The summed E-state index contributed by atoms with van der Waals surface area (Å²) in [5.74, 6) is 0. The van der Waals surface area contributed by atoms with Crippen molar-refractivity contribution in [3.8, 4) is 0 Å². The molecule has 1 aromatic heterocycles. The van der Waals surface area contributed by atoms with E-state index in [1.165, 1.54) is 0 Å². The molecule has 1 heterocycles. The summed E-state index contributed by atoms with van der Waals surface area (Å²) in [4.78, 5) is 0. The number of hydrogen-bond donors (Lipinski definition) is 1. The molecular formula is C11H17BrN2. The molecule has 0 radical (unpaired) electrons. The van der Waals surface area contributed by atoms with E-state index in [1.54, 1.807) is 6.20 Å². The zero-order chi connectivity index (χ0) is 11.0. The molecule has 0 atom stereocenters. The van der Waals surface area contributed by atoms with Gasteiger partial charge in [-0.1, -0.05) is 49.7 Å². The maximum absolute atomic E-state index is 3.91. The van der Waals surface area contributed by atoms with Gasteiger partial charge in [0.1, 0.15) is 0 Å². The van der Waals surface area contributed by atoms with Crippen molar-refractivity contribution in [1.29, 1.82) is 0 Å². The highest BCUT2D eigenvalue weighted by atomic mass is 79.9. The van der Waals surface area contributed by atoms with E-state index in [0.717, 1.165) is 15.4 Å².